The van der Waals surface area contributed by atoms with Gasteiger partial charge in [-0.3, -0.25) is 4.79 Å². The quantitative estimate of drug-likeness (QED) is 0.759. The second-order valence-corrected chi connectivity index (χ2v) is 5.10. The molecule has 3 N–H and O–H groups in total. The number of aromatic amines is 1. The normalized spacial score (nSPS) is 17.4. The van der Waals surface area contributed by atoms with Crippen LogP contribution < -0.4 is 10.6 Å². The van der Waals surface area contributed by atoms with Gasteiger partial charge in [-0.25, -0.2) is 0 Å². The van der Waals surface area contributed by atoms with Crippen LogP contribution in [0.4, 0.5) is 5.69 Å². The van der Waals surface area contributed by atoms with Crippen molar-refractivity contribution < 1.29 is 4.79 Å². The van der Waals surface area contributed by atoms with Gasteiger partial charge in [0.1, 0.15) is 0 Å². The number of aryl methyl sites for hydroxylation is 1. The number of rotatable bonds is 4. The molecule has 0 fully saturated rings. The van der Waals surface area contributed by atoms with Crippen LogP contribution in [0.15, 0.2) is 18.2 Å². The molecule has 20 heavy (non-hydrogen) atoms. The van der Waals surface area contributed by atoms with Crippen LogP contribution in [0.2, 0.25) is 0 Å². The molecule has 1 aliphatic rings. The predicted octanol–water partition coefficient (Wildman–Crippen LogP) is 2.62. The maximum absolute atomic E-state index is 10.5. The van der Waals surface area contributed by atoms with E-state index in [0.29, 0.717) is 6.04 Å². The third-order valence-electron chi connectivity index (χ3n) is 3.91. The van der Waals surface area contributed by atoms with Gasteiger partial charge in [0.25, 0.3) is 0 Å². The van der Waals surface area contributed by atoms with E-state index in [0.717, 1.165) is 31.5 Å². The summed E-state index contributed by atoms with van der Waals surface area (Å²) in [5, 5.41) is 7.50. The molecule has 108 valence electrons. The molecule has 1 heterocycles. The summed E-state index contributed by atoms with van der Waals surface area (Å²) in [6.07, 6.45) is 4.07. The first kappa shape index (κ1) is 14.9. The maximum atomic E-state index is 10.5. The number of hydrogen-bond donors (Lipinski definition) is 3. The van der Waals surface area contributed by atoms with Crippen LogP contribution in [0.1, 0.15) is 24.6 Å². The average molecular weight is 294 g/mol. The van der Waals surface area contributed by atoms with Crippen LogP contribution in [0.25, 0.3) is 10.9 Å². The Morgan fingerprint density at radius 1 is 1.45 bits per heavy atom. The summed E-state index contributed by atoms with van der Waals surface area (Å²) in [6.45, 7) is 3.16. The van der Waals surface area contributed by atoms with Crippen LogP contribution in [0.3, 0.4) is 0 Å². The van der Waals surface area contributed by atoms with Gasteiger partial charge in [0, 0.05) is 28.3 Å². The number of H-pyrrole nitrogens is 1. The van der Waals surface area contributed by atoms with Crippen molar-refractivity contribution in [2.45, 2.75) is 32.2 Å². The number of likely N-dealkylation sites (N-methyl/N-ethyl adjacent to an activating group) is 1. The Labute approximate surface area is 124 Å². The molecule has 0 aliphatic heterocycles. The third-order valence-corrected chi connectivity index (χ3v) is 3.91. The minimum Gasteiger partial charge on any atom is -0.358 e. The maximum Gasteiger partial charge on any atom is 0.211 e. The van der Waals surface area contributed by atoms with Gasteiger partial charge in [-0.15, -0.1) is 12.4 Å². The van der Waals surface area contributed by atoms with Gasteiger partial charge >= 0.3 is 0 Å². The zero-order chi connectivity index (χ0) is 13.2. The van der Waals surface area contributed by atoms with Crippen molar-refractivity contribution in [3.63, 3.8) is 0 Å². The lowest BCUT2D eigenvalue weighted by Crippen LogP contribution is -2.34. The number of anilines is 1. The fourth-order valence-corrected chi connectivity index (χ4v) is 3.04. The fourth-order valence-electron chi connectivity index (χ4n) is 3.04. The van der Waals surface area contributed by atoms with Crippen molar-refractivity contribution in [1.29, 1.82) is 0 Å². The molecule has 1 amide bonds. The number of amides is 1. The highest BCUT2D eigenvalue weighted by molar-refractivity contribution is 5.89. The second kappa shape index (κ2) is 6.29. The van der Waals surface area contributed by atoms with E-state index in [9.17, 15) is 4.79 Å². The van der Waals surface area contributed by atoms with E-state index in [1.165, 1.54) is 28.6 Å². The number of carbonyl (C=O) groups is 1. The zero-order valence-electron chi connectivity index (χ0n) is 11.5. The first-order valence-electron chi connectivity index (χ1n) is 6.89. The molecule has 1 aromatic carbocycles. The summed E-state index contributed by atoms with van der Waals surface area (Å²) in [4.78, 5) is 14.0. The molecule has 4 nitrogen and oxygen atoms in total. The molecule has 3 rings (SSSR count). The predicted molar refractivity (Wildman–Crippen MR) is 84.7 cm³/mol. The number of halogens is 1. The van der Waals surface area contributed by atoms with Gasteiger partial charge < -0.3 is 15.6 Å². The Kier molecular flexibility index (Phi) is 4.68. The summed E-state index contributed by atoms with van der Waals surface area (Å²) >= 11 is 0. The number of carbonyl (C=O) groups excluding carboxylic acids is 1. The van der Waals surface area contributed by atoms with Crippen molar-refractivity contribution in [2.24, 2.45) is 0 Å². The van der Waals surface area contributed by atoms with E-state index in [-0.39, 0.29) is 12.4 Å². The number of aromatic nitrogens is 1. The highest BCUT2D eigenvalue weighted by Crippen LogP contribution is 2.30. The van der Waals surface area contributed by atoms with E-state index < -0.39 is 0 Å². The summed E-state index contributed by atoms with van der Waals surface area (Å²) < 4.78 is 0. The largest absolute Gasteiger partial charge is 0.358 e. The van der Waals surface area contributed by atoms with E-state index in [2.05, 4.69) is 28.6 Å². The molecule has 1 unspecified atom stereocenters. The van der Waals surface area contributed by atoms with Crippen molar-refractivity contribution in [1.82, 2.24) is 10.3 Å². The van der Waals surface area contributed by atoms with Gasteiger partial charge in [0.15, 0.2) is 0 Å². The standard InChI is InChI=1S/C15H19N3O.ClH/c1-2-16-10-3-5-14-12(7-10)13-8-11(17-9-19)4-6-15(13)18-14;/h4,6,8-10,16,18H,2-3,5,7H2,1H3,(H,17,19);1H. The highest BCUT2D eigenvalue weighted by Gasteiger charge is 2.21. The molecule has 2 aromatic rings. The second-order valence-electron chi connectivity index (χ2n) is 5.10. The highest BCUT2D eigenvalue weighted by atomic mass is 35.5. The molecule has 1 aliphatic carbocycles. The van der Waals surface area contributed by atoms with Crippen LogP contribution in [-0.2, 0) is 17.6 Å². The number of hydrogen-bond acceptors (Lipinski definition) is 2. The molecule has 0 saturated carbocycles. The summed E-state index contributed by atoms with van der Waals surface area (Å²) in [6, 6.07) is 6.61. The molecular formula is C15H20ClN3O. The first-order chi connectivity index (χ1) is 9.31. The minimum absolute atomic E-state index is 0. The van der Waals surface area contributed by atoms with Gasteiger partial charge in [-0.2, -0.15) is 0 Å². The Hall–Kier alpha value is -1.52. The molecule has 0 bridgehead atoms. The molecule has 0 saturated heterocycles. The van der Waals surface area contributed by atoms with Crippen molar-refractivity contribution in [2.75, 3.05) is 11.9 Å². The van der Waals surface area contributed by atoms with Crippen molar-refractivity contribution >= 4 is 35.4 Å². The van der Waals surface area contributed by atoms with Crippen LogP contribution in [0, 0.1) is 0 Å². The minimum atomic E-state index is 0. The fraction of sp³-hybridized carbons (Fsp3) is 0.400. The SMILES string of the molecule is CCNC1CCc2[nH]c3ccc(NC=O)cc3c2C1.Cl. The van der Waals surface area contributed by atoms with Crippen LogP contribution >= 0.6 is 12.4 Å². The molecule has 5 heteroatoms. The third kappa shape index (κ3) is 2.67. The Morgan fingerprint density at radius 3 is 3.05 bits per heavy atom. The number of benzene rings is 1. The van der Waals surface area contributed by atoms with E-state index in [4.69, 9.17) is 0 Å². The zero-order valence-corrected chi connectivity index (χ0v) is 12.3. The lowest BCUT2D eigenvalue weighted by molar-refractivity contribution is -0.105. The van der Waals surface area contributed by atoms with Gasteiger partial charge in [0.2, 0.25) is 6.41 Å². The molecule has 1 aromatic heterocycles. The molecular weight excluding hydrogens is 274 g/mol. The van der Waals surface area contributed by atoms with Crippen molar-refractivity contribution in [3.8, 4) is 0 Å². The first-order valence-corrected chi connectivity index (χ1v) is 6.89. The molecule has 0 spiro atoms. The topological polar surface area (TPSA) is 56.9 Å². The number of fused-ring (bicyclic) bond motifs is 3. The summed E-state index contributed by atoms with van der Waals surface area (Å²) in [7, 11) is 0. The van der Waals surface area contributed by atoms with E-state index >= 15 is 0 Å². The monoisotopic (exact) mass is 293 g/mol. The molecule has 1 atom stereocenters. The average Bonchev–Trinajstić information content (AvgIpc) is 2.77. The number of nitrogens with one attached hydrogen (secondary N) is 3. The van der Waals surface area contributed by atoms with Crippen LogP contribution in [0.5, 0.6) is 0 Å². The van der Waals surface area contributed by atoms with Gasteiger partial charge in [0.05, 0.1) is 0 Å². The lowest BCUT2D eigenvalue weighted by Gasteiger charge is -2.23. The Balaban J connectivity index is 0.00000147. The van der Waals surface area contributed by atoms with E-state index in [1.54, 1.807) is 0 Å². The van der Waals surface area contributed by atoms with E-state index in [1.807, 2.05) is 12.1 Å². The summed E-state index contributed by atoms with van der Waals surface area (Å²) in [5.41, 5.74) is 4.78. The van der Waals surface area contributed by atoms with Gasteiger partial charge in [-0.05, 0) is 49.6 Å². The van der Waals surface area contributed by atoms with Gasteiger partial charge in [-0.1, -0.05) is 6.92 Å². The molecule has 0 radical (unpaired) electrons. The lowest BCUT2D eigenvalue weighted by atomic mass is 9.91. The summed E-state index contributed by atoms with van der Waals surface area (Å²) in [5.74, 6) is 0. The van der Waals surface area contributed by atoms with Crippen molar-refractivity contribution in [3.05, 3.63) is 29.5 Å². The smallest absolute Gasteiger partial charge is 0.211 e. The Morgan fingerprint density at radius 2 is 2.30 bits per heavy atom. The van der Waals surface area contributed by atoms with Crippen LogP contribution in [-0.4, -0.2) is 24.0 Å². The Bertz CT molecular complexity index is 608.